The summed E-state index contributed by atoms with van der Waals surface area (Å²) in [6.45, 7) is 6.45. The van der Waals surface area contributed by atoms with E-state index in [0.29, 0.717) is 45.4 Å². The van der Waals surface area contributed by atoms with Gasteiger partial charge >= 0.3 is 6.09 Å². The van der Waals surface area contributed by atoms with Crippen LogP contribution in [-0.4, -0.2) is 75.2 Å². The zero-order valence-corrected chi connectivity index (χ0v) is 18.0. The van der Waals surface area contributed by atoms with Crippen molar-refractivity contribution < 1.29 is 19.0 Å². The maximum atomic E-state index is 11.7. The first kappa shape index (κ1) is 23.2. The Labute approximate surface area is 173 Å². The number of rotatable bonds is 8. The Hall–Kier alpha value is -0.810. The van der Waals surface area contributed by atoms with Crippen molar-refractivity contribution in [1.82, 2.24) is 10.2 Å². The number of piperidine rings is 1. The summed E-state index contributed by atoms with van der Waals surface area (Å²) in [5.74, 6) is 0.466. The normalized spacial score (nSPS) is 21.3. The number of aliphatic imine (C=N–C) groups is 1. The van der Waals surface area contributed by atoms with E-state index in [1.54, 1.807) is 4.90 Å². The maximum Gasteiger partial charge on any atom is 0.409 e. The van der Waals surface area contributed by atoms with Crippen LogP contribution in [0.3, 0.4) is 0 Å². The van der Waals surface area contributed by atoms with Crippen molar-refractivity contribution in [3.05, 3.63) is 0 Å². The number of guanidine groups is 1. The standard InChI is InChI=1S/C17H32N4O4.HI/c1-2-24-17(22)21-9-6-14(7-10-21)20-16(18)19-8-4-11-23-13-15-5-3-12-25-15;/h14-15H,2-13H2,1H3,(H3,18,19,20);1H. The van der Waals surface area contributed by atoms with Crippen molar-refractivity contribution >= 4 is 36.0 Å². The SMILES string of the molecule is CCOC(=O)N1CCC(NC(N)=NCCCOCC2CCCO2)CC1.I. The summed E-state index contributed by atoms with van der Waals surface area (Å²) < 4.78 is 16.1. The molecule has 1 amide bonds. The van der Waals surface area contributed by atoms with Crippen LogP contribution >= 0.6 is 24.0 Å². The molecule has 2 rings (SSSR count). The Morgan fingerprint density at radius 2 is 2.12 bits per heavy atom. The molecule has 8 nitrogen and oxygen atoms in total. The quantitative estimate of drug-likeness (QED) is 0.236. The van der Waals surface area contributed by atoms with Crippen LogP contribution in [0.4, 0.5) is 4.79 Å². The van der Waals surface area contributed by atoms with Gasteiger partial charge in [0, 0.05) is 38.9 Å². The lowest BCUT2D eigenvalue weighted by molar-refractivity contribution is 0.0171. The maximum absolute atomic E-state index is 11.7. The molecule has 2 heterocycles. The number of amides is 1. The molecule has 0 saturated carbocycles. The lowest BCUT2D eigenvalue weighted by Crippen LogP contribution is -2.48. The number of nitrogens with one attached hydrogen (secondary N) is 1. The van der Waals surface area contributed by atoms with E-state index in [0.717, 1.165) is 38.7 Å². The molecule has 9 heteroatoms. The van der Waals surface area contributed by atoms with Gasteiger partial charge in [0.25, 0.3) is 0 Å². The highest BCUT2D eigenvalue weighted by atomic mass is 127. The van der Waals surface area contributed by atoms with E-state index >= 15 is 0 Å². The van der Waals surface area contributed by atoms with E-state index in [-0.39, 0.29) is 42.2 Å². The van der Waals surface area contributed by atoms with Crippen LogP contribution in [0.15, 0.2) is 4.99 Å². The monoisotopic (exact) mass is 484 g/mol. The summed E-state index contributed by atoms with van der Waals surface area (Å²) in [6, 6.07) is 0.255. The molecule has 2 aliphatic rings. The highest BCUT2D eigenvalue weighted by Crippen LogP contribution is 2.12. The molecule has 1 unspecified atom stereocenters. The zero-order valence-electron chi connectivity index (χ0n) is 15.7. The predicted octanol–water partition coefficient (Wildman–Crippen LogP) is 1.72. The van der Waals surface area contributed by atoms with Gasteiger partial charge in [0.05, 0.1) is 19.3 Å². The Kier molecular flexibility index (Phi) is 11.9. The Morgan fingerprint density at radius 1 is 1.35 bits per heavy atom. The van der Waals surface area contributed by atoms with E-state index < -0.39 is 0 Å². The van der Waals surface area contributed by atoms with Gasteiger partial charge in [-0.05, 0) is 39.0 Å². The molecule has 0 aromatic carbocycles. The number of carbonyl (C=O) groups is 1. The van der Waals surface area contributed by atoms with Crippen LogP contribution in [-0.2, 0) is 14.2 Å². The average Bonchev–Trinajstić information content (AvgIpc) is 3.12. The molecule has 2 aliphatic heterocycles. The number of hydrogen-bond donors (Lipinski definition) is 2. The Bertz CT molecular complexity index is 425. The molecule has 0 radical (unpaired) electrons. The third-order valence-electron chi connectivity index (χ3n) is 4.43. The highest BCUT2D eigenvalue weighted by Gasteiger charge is 2.23. The van der Waals surface area contributed by atoms with Crippen LogP contribution in [0.25, 0.3) is 0 Å². The fourth-order valence-electron chi connectivity index (χ4n) is 3.03. The number of nitrogens with zero attached hydrogens (tertiary/aromatic N) is 2. The van der Waals surface area contributed by atoms with Crippen molar-refractivity contribution in [2.75, 3.05) is 46.1 Å². The molecule has 0 spiro atoms. The van der Waals surface area contributed by atoms with Crippen LogP contribution in [0, 0.1) is 0 Å². The van der Waals surface area contributed by atoms with Crippen LogP contribution < -0.4 is 11.1 Å². The molecule has 1 atom stereocenters. The number of ether oxygens (including phenoxy) is 3. The first-order valence-corrected chi connectivity index (χ1v) is 9.36. The number of carbonyl (C=O) groups excluding carboxylic acids is 1. The second-order valence-electron chi connectivity index (χ2n) is 6.44. The number of halogens is 1. The third kappa shape index (κ3) is 8.72. The van der Waals surface area contributed by atoms with E-state index in [2.05, 4.69) is 10.3 Å². The van der Waals surface area contributed by atoms with Crippen LogP contribution in [0.5, 0.6) is 0 Å². The number of likely N-dealkylation sites (tertiary alicyclic amines) is 1. The van der Waals surface area contributed by atoms with Crippen molar-refractivity contribution in [2.24, 2.45) is 10.7 Å². The van der Waals surface area contributed by atoms with Gasteiger partial charge < -0.3 is 30.2 Å². The minimum Gasteiger partial charge on any atom is -0.450 e. The lowest BCUT2D eigenvalue weighted by atomic mass is 10.1. The predicted molar refractivity (Wildman–Crippen MR) is 111 cm³/mol. The summed E-state index contributed by atoms with van der Waals surface area (Å²) in [5, 5.41) is 3.23. The molecule has 2 saturated heterocycles. The molecule has 0 aromatic rings. The Balaban J connectivity index is 0.00000338. The van der Waals surface area contributed by atoms with E-state index in [9.17, 15) is 4.79 Å². The van der Waals surface area contributed by atoms with Gasteiger partial charge in [-0.1, -0.05) is 0 Å². The third-order valence-corrected chi connectivity index (χ3v) is 4.43. The smallest absolute Gasteiger partial charge is 0.409 e. The molecule has 0 bridgehead atoms. The first-order valence-electron chi connectivity index (χ1n) is 9.36. The molecule has 3 N–H and O–H groups in total. The van der Waals surface area contributed by atoms with Crippen molar-refractivity contribution in [3.8, 4) is 0 Å². The molecule has 26 heavy (non-hydrogen) atoms. The van der Waals surface area contributed by atoms with E-state index in [1.807, 2.05) is 6.92 Å². The number of nitrogens with two attached hydrogens (primary N) is 1. The van der Waals surface area contributed by atoms with Gasteiger partial charge in [-0.2, -0.15) is 0 Å². The van der Waals surface area contributed by atoms with Crippen LogP contribution in [0.1, 0.15) is 39.0 Å². The molecule has 152 valence electrons. The second-order valence-corrected chi connectivity index (χ2v) is 6.44. The van der Waals surface area contributed by atoms with Crippen LogP contribution in [0.2, 0.25) is 0 Å². The Morgan fingerprint density at radius 3 is 2.77 bits per heavy atom. The summed E-state index contributed by atoms with van der Waals surface area (Å²) in [4.78, 5) is 17.7. The minimum absolute atomic E-state index is 0. The summed E-state index contributed by atoms with van der Waals surface area (Å²) in [6.07, 6.45) is 4.82. The minimum atomic E-state index is -0.231. The van der Waals surface area contributed by atoms with Gasteiger partial charge in [0.1, 0.15) is 0 Å². The molecule has 0 aromatic heterocycles. The summed E-state index contributed by atoms with van der Waals surface area (Å²) in [5.41, 5.74) is 5.93. The fraction of sp³-hybridized carbons (Fsp3) is 0.882. The molecule has 2 fully saturated rings. The number of hydrogen-bond acceptors (Lipinski definition) is 5. The van der Waals surface area contributed by atoms with Crippen molar-refractivity contribution in [2.45, 2.75) is 51.2 Å². The van der Waals surface area contributed by atoms with Gasteiger partial charge in [-0.25, -0.2) is 4.79 Å². The topological polar surface area (TPSA) is 98.4 Å². The van der Waals surface area contributed by atoms with E-state index in [1.165, 1.54) is 0 Å². The average molecular weight is 484 g/mol. The highest BCUT2D eigenvalue weighted by molar-refractivity contribution is 14.0. The van der Waals surface area contributed by atoms with Crippen molar-refractivity contribution in [3.63, 3.8) is 0 Å². The van der Waals surface area contributed by atoms with Gasteiger partial charge in [0.2, 0.25) is 0 Å². The largest absolute Gasteiger partial charge is 0.450 e. The lowest BCUT2D eigenvalue weighted by Gasteiger charge is -2.31. The van der Waals surface area contributed by atoms with Gasteiger partial charge in [0.15, 0.2) is 5.96 Å². The summed E-state index contributed by atoms with van der Waals surface area (Å²) in [7, 11) is 0. The summed E-state index contributed by atoms with van der Waals surface area (Å²) >= 11 is 0. The molecular weight excluding hydrogens is 451 g/mol. The zero-order chi connectivity index (χ0) is 17.9. The van der Waals surface area contributed by atoms with E-state index in [4.69, 9.17) is 19.9 Å². The van der Waals surface area contributed by atoms with Crippen molar-refractivity contribution in [1.29, 1.82) is 0 Å². The molecular formula is C17H33IN4O4. The van der Waals surface area contributed by atoms with Gasteiger partial charge in [-0.3, -0.25) is 4.99 Å². The first-order chi connectivity index (χ1) is 12.2. The molecule has 0 aliphatic carbocycles. The fourth-order valence-corrected chi connectivity index (χ4v) is 3.03. The second kappa shape index (κ2) is 13.4. The van der Waals surface area contributed by atoms with Gasteiger partial charge in [-0.15, -0.1) is 24.0 Å².